The van der Waals surface area contributed by atoms with Gasteiger partial charge < -0.3 is 10.6 Å². The van der Waals surface area contributed by atoms with Gasteiger partial charge in [-0.1, -0.05) is 32.0 Å². The summed E-state index contributed by atoms with van der Waals surface area (Å²) in [4.78, 5) is 11.2. The predicted octanol–water partition coefficient (Wildman–Crippen LogP) is 2.13. The van der Waals surface area contributed by atoms with E-state index in [1.165, 1.54) is 25.7 Å². The van der Waals surface area contributed by atoms with Gasteiger partial charge in [0, 0.05) is 13.1 Å². The molecule has 0 aliphatic heterocycles. The molecule has 1 saturated carbocycles. The third kappa shape index (κ3) is 2.77. The molecule has 4 nitrogen and oxygen atoms in total. The third-order valence-corrected chi connectivity index (χ3v) is 4.02. The molecule has 1 fully saturated rings. The predicted molar refractivity (Wildman–Crippen MR) is 77.7 cm³/mol. The van der Waals surface area contributed by atoms with Crippen molar-refractivity contribution in [1.29, 1.82) is 0 Å². The molecular weight excluding hydrogens is 244 g/mol. The molecule has 1 aromatic heterocycles. The highest BCUT2D eigenvalue weighted by atomic mass is 32.1. The minimum Gasteiger partial charge on any atom is -0.388 e. The topological polar surface area (TPSA) is 55.0 Å². The molecule has 0 spiro atoms. The number of nitrogens with zero attached hydrogens (tertiary/aromatic N) is 3. The second-order valence-electron chi connectivity index (χ2n) is 5.06. The molecule has 2 unspecified atom stereocenters. The first-order chi connectivity index (χ1) is 8.59. The largest absolute Gasteiger partial charge is 0.388 e. The van der Waals surface area contributed by atoms with E-state index < -0.39 is 0 Å². The van der Waals surface area contributed by atoms with Crippen molar-refractivity contribution in [2.45, 2.75) is 38.6 Å². The lowest BCUT2D eigenvalue weighted by atomic mass is 9.85. The number of nitrogens with two attached hydrogens (primary N) is 1. The smallest absolute Gasteiger partial charge is 0.147 e. The molecule has 0 aromatic carbocycles. The fourth-order valence-electron chi connectivity index (χ4n) is 2.67. The molecule has 2 N–H and O–H groups in total. The van der Waals surface area contributed by atoms with E-state index in [-0.39, 0.29) is 0 Å². The minimum absolute atomic E-state index is 0.294. The quantitative estimate of drug-likeness (QED) is 0.848. The Morgan fingerprint density at radius 2 is 2.06 bits per heavy atom. The van der Waals surface area contributed by atoms with E-state index in [1.807, 2.05) is 0 Å². The zero-order valence-corrected chi connectivity index (χ0v) is 11.8. The van der Waals surface area contributed by atoms with Gasteiger partial charge in [-0.2, -0.15) is 0 Å². The van der Waals surface area contributed by atoms with Crippen molar-refractivity contribution in [1.82, 2.24) is 9.97 Å². The molecule has 98 valence electrons. The van der Waals surface area contributed by atoms with E-state index in [0.717, 1.165) is 5.82 Å². The highest BCUT2D eigenvalue weighted by molar-refractivity contribution is 7.80. The van der Waals surface area contributed by atoms with E-state index in [9.17, 15) is 0 Å². The lowest BCUT2D eigenvalue weighted by Gasteiger charge is -2.36. The van der Waals surface area contributed by atoms with Gasteiger partial charge in [0.05, 0.1) is 12.4 Å². The SMILES string of the molecule is CC1CCCCC1N(C)c1cnc(C(N)=S)cn1. The minimum atomic E-state index is 0.294. The third-order valence-electron chi connectivity index (χ3n) is 3.82. The van der Waals surface area contributed by atoms with Gasteiger partial charge in [0.1, 0.15) is 16.5 Å². The zero-order chi connectivity index (χ0) is 13.1. The number of aromatic nitrogens is 2. The average Bonchev–Trinajstić information content (AvgIpc) is 2.38. The normalized spacial score (nSPS) is 23.7. The molecular formula is C13H20N4S. The van der Waals surface area contributed by atoms with E-state index in [4.69, 9.17) is 18.0 Å². The Morgan fingerprint density at radius 1 is 1.33 bits per heavy atom. The van der Waals surface area contributed by atoms with Gasteiger partial charge in [-0.15, -0.1) is 0 Å². The molecule has 0 bridgehead atoms. The Bertz CT molecular complexity index is 418. The fourth-order valence-corrected chi connectivity index (χ4v) is 2.78. The van der Waals surface area contributed by atoms with Crippen molar-refractivity contribution in [2.24, 2.45) is 11.7 Å². The van der Waals surface area contributed by atoms with Crippen LogP contribution in [0.3, 0.4) is 0 Å². The van der Waals surface area contributed by atoms with Gasteiger partial charge in [0.15, 0.2) is 0 Å². The maximum Gasteiger partial charge on any atom is 0.147 e. The van der Waals surface area contributed by atoms with Gasteiger partial charge in [0.25, 0.3) is 0 Å². The number of hydrogen-bond acceptors (Lipinski definition) is 4. The van der Waals surface area contributed by atoms with Gasteiger partial charge in [-0.05, 0) is 18.8 Å². The molecule has 0 amide bonds. The second-order valence-corrected chi connectivity index (χ2v) is 5.50. The van der Waals surface area contributed by atoms with Crippen LogP contribution in [0.1, 0.15) is 38.3 Å². The number of thiocarbonyl (C=S) groups is 1. The first-order valence-corrected chi connectivity index (χ1v) is 6.85. The van der Waals surface area contributed by atoms with E-state index in [0.29, 0.717) is 22.6 Å². The summed E-state index contributed by atoms with van der Waals surface area (Å²) in [6.45, 7) is 2.32. The second kappa shape index (κ2) is 5.61. The molecule has 5 heteroatoms. The summed E-state index contributed by atoms with van der Waals surface area (Å²) in [7, 11) is 2.09. The van der Waals surface area contributed by atoms with Crippen LogP contribution < -0.4 is 10.6 Å². The van der Waals surface area contributed by atoms with Crippen molar-refractivity contribution < 1.29 is 0 Å². The summed E-state index contributed by atoms with van der Waals surface area (Å²) in [5.41, 5.74) is 6.10. The Balaban J connectivity index is 2.12. The van der Waals surface area contributed by atoms with Crippen LogP contribution in [0.15, 0.2) is 12.4 Å². The van der Waals surface area contributed by atoms with Crippen LogP contribution in [0.2, 0.25) is 0 Å². The zero-order valence-electron chi connectivity index (χ0n) is 11.0. The van der Waals surface area contributed by atoms with Crippen molar-refractivity contribution in [3.8, 4) is 0 Å². The molecule has 1 heterocycles. The van der Waals surface area contributed by atoms with Crippen molar-refractivity contribution in [3.05, 3.63) is 18.1 Å². The maximum absolute atomic E-state index is 5.52. The maximum atomic E-state index is 5.52. The van der Waals surface area contributed by atoms with Crippen LogP contribution in [0.25, 0.3) is 0 Å². The molecule has 2 rings (SSSR count). The lowest BCUT2D eigenvalue weighted by Crippen LogP contribution is -2.39. The summed E-state index contributed by atoms with van der Waals surface area (Å²) in [6.07, 6.45) is 8.59. The standard InChI is InChI=1S/C13H20N4S/c1-9-5-3-4-6-11(9)17(2)12-8-15-10(7-16-12)13(14)18/h7-9,11H,3-6H2,1-2H3,(H2,14,18). The Hall–Kier alpha value is -1.23. The highest BCUT2D eigenvalue weighted by Gasteiger charge is 2.25. The molecule has 1 aliphatic rings. The van der Waals surface area contributed by atoms with E-state index >= 15 is 0 Å². The first-order valence-electron chi connectivity index (χ1n) is 6.44. The van der Waals surface area contributed by atoms with Crippen molar-refractivity contribution >= 4 is 23.0 Å². The fraction of sp³-hybridized carbons (Fsp3) is 0.615. The summed E-state index contributed by atoms with van der Waals surface area (Å²) < 4.78 is 0. The van der Waals surface area contributed by atoms with E-state index in [2.05, 4.69) is 28.8 Å². The Labute approximate surface area is 114 Å². The van der Waals surface area contributed by atoms with Crippen LogP contribution in [-0.4, -0.2) is 28.0 Å². The number of rotatable bonds is 3. The van der Waals surface area contributed by atoms with Gasteiger partial charge in [-0.25, -0.2) is 9.97 Å². The lowest BCUT2D eigenvalue weighted by molar-refractivity contribution is 0.320. The molecule has 18 heavy (non-hydrogen) atoms. The monoisotopic (exact) mass is 264 g/mol. The molecule has 1 aromatic rings. The van der Waals surface area contributed by atoms with Gasteiger partial charge >= 0.3 is 0 Å². The van der Waals surface area contributed by atoms with Crippen LogP contribution >= 0.6 is 12.2 Å². The molecule has 2 atom stereocenters. The van der Waals surface area contributed by atoms with Crippen LogP contribution in [0, 0.1) is 5.92 Å². The molecule has 1 aliphatic carbocycles. The van der Waals surface area contributed by atoms with Gasteiger partial charge in [-0.3, -0.25) is 0 Å². The molecule has 0 radical (unpaired) electrons. The van der Waals surface area contributed by atoms with Crippen LogP contribution in [0.5, 0.6) is 0 Å². The first kappa shape index (κ1) is 13.2. The van der Waals surface area contributed by atoms with E-state index in [1.54, 1.807) is 12.4 Å². The number of anilines is 1. The van der Waals surface area contributed by atoms with Gasteiger partial charge in [0.2, 0.25) is 0 Å². The molecule has 0 saturated heterocycles. The number of hydrogen-bond donors (Lipinski definition) is 1. The summed E-state index contributed by atoms with van der Waals surface area (Å²) in [5.74, 6) is 1.61. The van der Waals surface area contributed by atoms with Crippen LogP contribution in [0.4, 0.5) is 5.82 Å². The van der Waals surface area contributed by atoms with Crippen molar-refractivity contribution in [3.63, 3.8) is 0 Å². The summed E-state index contributed by atoms with van der Waals surface area (Å²) >= 11 is 4.88. The van der Waals surface area contributed by atoms with Crippen LogP contribution in [-0.2, 0) is 0 Å². The highest BCUT2D eigenvalue weighted by Crippen LogP contribution is 2.29. The van der Waals surface area contributed by atoms with Crippen molar-refractivity contribution in [2.75, 3.05) is 11.9 Å². The average molecular weight is 264 g/mol. The summed E-state index contributed by atoms with van der Waals surface area (Å²) in [5, 5.41) is 0. The summed E-state index contributed by atoms with van der Waals surface area (Å²) in [6, 6.07) is 0.559. The Kier molecular flexibility index (Phi) is 4.11. The Morgan fingerprint density at radius 3 is 2.61 bits per heavy atom.